The van der Waals surface area contributed by atoms with Gasteiger partial charge in [0.05, 0.1) is 18.2 Å². The fourth-order valence-electron chi connectivity index (χ4n) is 2.69. The van der Waals surface area contributed by atoms with E-state index >= 15 is 0 Å². The first-order valence-corrected chi connectivity index (χ1v) is 7.62. The fourth-order valence-corrected chi connectivity index (χ4v) is 3.08. The summed E-state index contributed by atoms with van der Waals surface area (Å²) < 4.78 is 3.36. The van der Waals surface area contributed by atoms with Crippen LogP contribution in [0, 0.1) is 0 Å². The van der Waals surface area contributed by atoms with Crippen LogP contribution in [0.25, 0.3) is 11.3 Å². The average Bonchev–Trinajstić information content (AvgIpc) is 3.08. The van der Waals surface area contributed by atoms with Crippen molar-refractivity contribution in [2.24, 2.45) is 0 Å². The van der Waals surface area contributed by atoms with Crippen LogP contribution in [-0.4, -0.2) is 22.1 Å². The van der Waals surface area contributed by atoms with Crippen LogP contribution in [0.2, 0.25) is 0 Å². The highest BCUT2D eigenvalue weighted by molar-refractivity contribution is 9.10. The molecule has 1 fully saturated rings. The second-order valence-corrected chi connectivity index (χ2v) is 5.98. The molecule has 1 atom stereocenters. The average molecular weight is 320 g/mol. The van der Waals surface area contributed by atoms with Crippen molar-refractivity contribution in [1.29, 1.82) is 0 Å². The van der Waals surface area contributed by atoms with Crippen molar-refractivity contribution in [2.75, 3.05) is 6.54 Å². The zero-order valence-electron chi connectivity index (χ0n) is 10.8. The SMILES string of the molecule is Brc1cccc(-c2cncn2CCC2CCCN2)c1. The number of benzene rings is 1. The summed E-state index contributed by atoms with van der Waals surface area (Å²) >= 11 is 3.53. The molecule has 1 aliphatic heterocycles. The molecule has 1 unspecified atom stereocenters. The van der Waals surface area contributed by atoms with E-state index in [4.69, 9.17) is 0 Å². The molecule has 0 amide bonds. The number of imidazole rings is 1. The molecule has 0 bridgehead atoms. The van der Waals surface area contributed by atoms with Crippen LogP contribution in [0.1, 0.15) is 19.3 Å². The predicted octanol–water partition coefficient (Wildman–Crippen LogP) is 3.45. The monoisotopic (exact) mass is 319 g/mol. The molecule has 1 N–H and O–H groups in total. The molecule has 3 nitrogen and oxygen atoms in total. The summed E-state index contributed by atoms with van der Waals surface area (Å²) in [7, 11) is 0. The van der Waals surface area contributed by atoms with Gasteiger partial charge in [-0.15, -0.1) is 0 Å². The Balaban J connectivity index is 1.74. The highest BCUT2D eigenvalue weighted by Gasteiger charge is 2.14. The number of rotatable bonds is 4. The molecule has 0 spiro atoms. The number of halogens is 1. The van der Waals surface area contributed by atoms with Crippen LogP contribution in [0.5, 0.6) is 0 Å². The second-order valence-electron chi connectivity index (χ2n) is 5.06. The third kappa shape index (κ3) is 3.07. The van der Waals surface area contributed by atoms with Crippen molar-refractivity contribution in [3.63, 3.8) is 0 Å². The number of aromatic nitrogens is 2. The highest BCUT2D eigenvalue weighted by atomic mass is 79.9. The molecule has 1 aromatic heterocycles. The van der Waals surface area contributed by atoms with E-state index in [1.165, 1.54) is 37.1 Å². The summed E-state index contributed by atoms with van der Waals surface area (Å²) in [5.74, 6) is 0. The Hall–Kier alpha value is -1.13. The zero-order chi connectivity index (χ0) is 13.1. The van der Waals surface area contributed by atoms with Crippen molar-refractivity contribution in [2.45, 2.75) is 31.8 Å². The third-order valence-electron chi connectivity index (χ3n) is 3.71. The molecule has 1 aromatic carbocycles. The lowest BCUT2D eigenvalue weighted by Crippen LogP contribution is -2.22. The molecule has 3 rings (SSSR count). The molecule has 4 heteroatoms. The third-order valence-corrected chi connectivity index (χ3v) is 4.21. The van der Waals surface area contributed by atoms with Gasteiger partial charge >= 0.3 is 0 Å². The van der Waals surface area contributed by atoms with E-state index in [-0.39, 0.29) is 0 Å². The van der Waals surface area contributed by atoms with E-state index in [1.807, 2.05) is 18.6 Å². The van der Waals surface area contributed by atoms with E-state index in [2.05, 4.69) is 49.0 Å². The van der Waals surface area contributed by atoms with E-state index in [0.29, 0.717) is 6.04 Å². The summed E-state index contributed by atoms with van der Waals surface area (Å²) in [6, 6.07) is 9.06. The Morgan fingerprint density at radius 3 is 3.16 bits per heavy atom. The highest BCUT2D eigenvalue weighted by Crippen LogP contribution is 2.23. The minimum atomic E-state index is 0.678. The standard InChI is InChI=1S/C15H18BrN3/c16-13-4-1-3-12(9-13)15-10-17-11-19(15)8-6-14-5-2-7-18-14/h1,3-4,9-11,14,18H,2,5-8H2. The van der Waals surface area contributed by atoms with Crippen LogP contribution in [0.3, 0.4) is 0 Å². The quantitative estimate of drug-likeness (QED) is 0.935. The normalized spacial score (nSPS) is 18.9. The van der Waals surface area contributed by atoms with Crippen LogP contribution < -0.4 is 5.32 Å². The van der Waals surface area contributed by atoms with Gasteiger partial charge in [-0.05, 0) is 37.9 Å². The summed E-state index contributed by atoms with van der Waals surface area (Å²) in [5, 5.41) is 3.55. The van der Waals surface area contributed by atoms with Crippen molar-refractivity contribution in [1.82, 2.24) is 14.9 Å². The summed E-state index contributed by atoms with van der Waals surface area (Å²) in [5.41, 5.74) is 2.41. The predicted molar refractivity (Wildman–Crippen MR) is 81.0 cm³/mol. The maximum Gasteiger partial charge on any atom is 0.0950 e. The van der Waals surface area contributed by atoms with Crippen molar-refractivity contribution >= 4 is 15.9 Å². The Morgan fingerprint density at radius 2 is 2.37 bits per heavy atom. The van der Waals surface area contributed by atoms with Gasteiger partial charge in [0.2, 0.25) is 0 Å². The first kappa shape index (κ1) is 12.9. The van der Waals surface area contributed by atoms with Gasteiger partial charge in [0.1, 0.15) is 0 Å². The van der Waals surface area contributed by atoms with Gasteiger partial charge in [-0.3, -0.25) is 0 Å². The van der Waals surface area contributed by atoms with Crippen LogP contribution in [-0.2, 0) is 6.54 Å². The Labute approximate surface area is 122 Å². The molecule has 2 aromatic rings. The lowest BCUT2D eigenvalue weighted by molar-refractivity contribution is 0.507. The number of nitrogens with one attached hydrogen (secondary N) is 1. The van der Waals surface area contributed by atoms with Crippen molar-refractivity contribution in [3.05, 3.63) is 41.3 Å². The van der Waals surface area contributed by atoms with E-state index in [0.717, 1.165) is 11.0 Å². The first-order chi connectivity index (χ1) is 9.33. The van der Waals surface area contributed by atoms with Crippen LogP contribution >= 0.6 is 15.9 Å². The van der Waals surface area contributed by atoms with Gasteiger partial charge in [-0.1, -0.05) is 28.1 Å². The smallest absolute Gasteiger partial charge is 0.0950 e. The van der Waals surface area contributed by atoms with Crippen molar-refractivity contribution < 1.29 is 0 Å². The van der Waals surface area contributed by atoms with Crippen LogP contribution in [0.15, 0.2) is 41.3 Å². The number of hydrogen-bond acceptors (Lipinski definition) is 2. The lowest BCUT2D eigenvalue weighted by atomic mass is 10.1. The zero-order valence-corrected chi connectivity index (χ0v) is 12.4. The maximum atomic E-state index is 4.30. The Morgan fingerprint density at radius 1 is 1.42 bits per heavy atom. The molecule has 100 valence electrons. The molecular weight excluding hydrogens is 302 g/mol. The summed E-state index contributed by atoms with van der Waals surface area (Å²) in [6.07, 6.45) is 7.68. The van der Waals surface area contributed by atoms with E-state index in [1.54, 1.807) is 0 Å². The van der Waals surface area contributed by atoms with Gasteiger partial charge < -0.3 is 9.88 Å². The Bertz CT molecular complexity index is 544. The lowest BCUT2D eigenvalue weighted by Gasteiger charge is -2.12. The number of nitrogens with zero attached hydrogens (tertiary/aromatic N) is 2. The topological polar surface area (TPSA) is 29.9 Å². The molecule has 0 radical (unpaired) electrons. The molecule has 1 saturated heterocycles. The minimum absolute atomic E-state index is 0.678. The molecular formula is C15H18BrN3. The van der Waals surface area contributed by atoms with E-state index < -0.39 is 0 Å². The summed E-state index contributed by atoms with van der Waals surface area (Å²) in [6.45, 7) is 2.20. The van der Waals surface area contributed by atoms with Gasteiger partial charge in [0.15, 0.2) is 0 Å². The van der Waals surface area contributed by atoms with Crippen molar-refractivity contribution in [3.8, 4) is 11.3 Å². The van der Waals surface area contributed by atoms with Gasteiger partial charge in [0.25, 0.3) is 0 Å². The fraction of sp³-hybridized carbons (Fsp3) is 0.400. The van der Waals surface area contributed by atoms with Crippen LogP contribution in [0.4, 0.5) is 0 Å². The Kier molecular flexibility index (Phi) is 3.99. The molecule has 2 heterocycles. The summed E-state index contributed by atoms with van der Waals surface area (Å²) in [4.78, 5) is 4.30. The number of hydrogen-bond donors (Lipinski definition) is 1. The minimum Gasteiger partial charge on any atom is -0.331 e. The second kappa shape index (κ2) is 5.88. The van der Waals surface area contributed by atoms with Gasteiger partial charge in [0, 0.05) is 22.6 Å². The largest absolute Gasteiger partial charge is 0.331 e. The maximum absolute atomic E-state index is 4.30. The van der Waals surface area contributed by atoms with Gasteiger partial charge in [-0.2, -0.15) is 0 Å². The van der Waals surface area contributed by atoms with Gasteiger partial charge in [-0.25, -0.2) is 4.98 Å². The molecule has 19 heavy (non-hydrogen) atoms. The molecule has 0 saturated carbocycles. The number of aryl methyl sites for hydroxylation is 1. The van der Waals surface area contributed by atoms with E-state index in [9.17, 15) is 0 Å². The molecule has 1 aliphatic rings. The molecule has 0 aliphatic carbocycles. The first-order valence-electron chi connectivity index (χ1n) is 6.82.